The Morgan fingerprint density at radius 2 is 1.49 bits per heavy atom. The number of sulfonamides is 1. The lowest BCUT2D eigenvalue weighted by Gasteiger charge is -2.19. The first kappa shape index (κ1) is 26.1. The van der Waals surface area contributed by atoms with Gasteiger partial charge in [0.1, 0.15) is 11.6 Å². The van der Waals surface area contributed by atoms with Crippen molar-refractivity contribution in [3.8, 4) is 5.75 Å². The summed E-state index contributed by atoms with van der Waals surface area (Å²) in [7, 11) is -3.66. The standard InChI is InChI=1S/C26H27FN2O5S/c1-4-29(5-2)35(32,33)23-15-6-18(3)24(16-23)28-25(30)17-34-22-13-9-20(10-14-22)26(31)19-7-11-21(27)12-8-19/h6-16H,4-5,17H2,1-3H3,(H,28,30). The van der Waals surface area contributed by atoms with Crippen LogP contribution in [0.4, 0.5) is 10.1 Å². The average molecular weight is 499 g/mol. The van der Waals surface area contributed by atoms with Crippen molar-refractivity contribution in [3.05, 3.63) is 89.2 Å². The van der Waals surface area contributed by atoms with Gasteiger partial charge in [-0.05, 0) is 73.2 Å². The molecule has 0 saturated carbocycles. The number of nitrogens with one attached hydrogen (secondary N) is 1. The smallest absolute Gasteiger partial charge is 0.262 e. The predicted molar refractivity (Wildman–Crippen MR) is 132 cm³/mol. The number of rotatable bonds is 10. The first-order chi connectivity index (χ1) is 16.6. The average Bonchev–Trinajstić information content (AvgIpc) is 2.85. The fourth-order valence-electron chi connectivity index (χ4n) is 3.41. The van der Waals surface area contributed by atoms with E-state index < -0.39 is 21.7 Å². The molecule has 3 rings (SSSR count). The second kappa shape index (κ2) is 11.2. The number of halogens is 1. The molecule has 0 fully saturated rings. The number of ketones is 1. The van der Waals surface area contributed by atoms with Gasteiger partial charge >= 0.3 is 0 Å². The molecule has 0 unspecified atom stereocenters. The van der Waals surface area contributed by atoms with Gasteiger partial charge in [-0.25, -0.2) is 12.8 Å². The highest BCUT2D eigenvalue weighted by molar-refractivity contribution is 7.89. The van der Waals surface area contributed by atoms with Crippen molar-refractivity contribution in [1.82, 2.24) is 4.31 Å². The van der Waals surface area contributed by atoms with Crippen LogP contribution < -0.4 is 10.1 Å². The molecule has 0 heterocycles. The monoisotopic (exact) mass is 498 g/mol. The van der Waals surface area contributed by atoms with Crippen LogP contribution in [0.15, 0.2) is 71.6 Å². The van der Waals surface area contributed by atoms with Crippen molar-refractivity contribution in [3.63, 3.8) is 0 Å². The fourth-order valence-corrected chi connectivity index (χ4v) is 4.90. The van der Waals surface area contributed by atoms with Crippen molar-refractivity contribution < 1.29 is 27.1 Å². The van der Waals surface area contributed by atoms with E-state index in [2.05, 4.69) is 5.32 Å². The zero-order valence-corrected chi connectivity index (χ0v) is 20.6. The summed E-state index contributed by atoms with van der Waals surface area (Å²) in [5, 5.41) is 2.69. The summed E-state index contributed by atoms with van der Waals surface area (Å²) < 4.78 is 45.5. The lowest BCUT2D eigenvalue weighted by Crippen LogP contribution is -2.30. The molecule has 184 valence electrons. The van der Waals surface area contributed by atoms with E-state index in [9.17, 15) is 22.4 Å². The summed E-state index contributed by atoms with van der Waals surface area (Å²) in [6.45, 7) is 5.67. The number of benzene rings is 3. The molecule has 0 radical (unpaired) electrons. The van der Waals surface area contributed by atoms with Gasteiger partial charge in [0, 0.05) is 29.9 Å². The Morgan fingerprint density at radius 3 is 2.06 bits per heavy atom. The highest BCUT2D eigenvalue weighted by Crippen LogP contribution is 2.23. The molecular weight excluding hydrogens is 471 g/mol. The Labute approximate surface area is 204 Å². The van der Waals surface area contributed by atoms with E-state index in [0.29, 0.717) is 41.2 Å². The lowest BCUT2D eigenvalue weighted by atomic mass is 10.0. The normalized spacial score (nSPS) is 11.3. The van der Waals surface area contributed by atoms with Crippen molar-refractivity contribution in [1.29, 1.82) is 0 Å². The number of nitrogens with zero attached hydrogens (tertiary/aromatic N) is 1. The van der Waals surface area contributed by atoms with Crippen LogP contribution in [0.3, 0.4) is 0 Å². The molecule has 35 heavy (non-hydrogen) atoms. The number of aryl methyl sites for hydroxylation is 1. The minimum Gasteiger partial charge on any atom is -0.484 e. The molecule has 0 saturated heterocycles. The molecule has 1 N–H and O–H groups in total. The van der Waals surface area contributed by atoms with E-state index >= 15 is 0 Å². The molecule has 1 amide bonds. The minimum atomic E-state index is -3.66. The largest absolute Gasteiger partial charge is 0.484 e. The Hall–Kier alpha value is -3.56. The SMILES string of the molecule is CCN(CC)S(=O)(=O)c1ccc(C)c(NC(=O)COc2ccc(C(=O)c3ccc(F)cc3)cc2)c1. The van der Waals surface area contributed by atoms with E-state index in [1.54, 1.807) is 51.1 Å². The summed E-state index contributed by atoms with van der Waals surface area (Å²) >= 11 is 0. The second-order valence-corrected chi connectivity index (χ2v) is 9.70. The summed E-state index contributed by atoms with van der Waals surface area (Å²) in [5.41, 5.74) is 1.85. The van der Waals surface area contributed by atoms with Crippen LogP contribution in [0, 0.1) is 12.7 Å². The Balaban J connectivity index is 1.63. The molecule has 0 aliphatic heterocycles. The molecule has 9 heteroatoms. The molecule has 7 nitrogen and oxygen atoms in total. The van der Waals surface area contributed by atoms with E-state index in [1.165, 1.54) is 40.7 Å². The third-order valence-corrected chi connectivity index (χ3v) is 7.47. The molecular formula is C26H27FN2O5S. The number of ether oxygens (including phenoxy) is 1. The first-order valence-corrected chi connectivity index (χ1v) is 12.5. The molecule has 0 aliphatic carbocycles. The van der Waals surface area contributed by atoms with Gasteiger partial charge in [-0.3, -0.25) is 9.59 Å². The van der Waals surface area contributed by atoms with Crippen LogP contribution in [-0.2, 0) is 14.8 Å². The summed E-state index contributed by atoms with van der Waals surface area (Å²) in [6, 6.07) is 16.1. The van der Waals surface area contributed by atoms with Gasteiger partial charge in [0.15, 0.2) is 12.4 Å². The van der Waals surface area contributed by atoms with Gasteiger partial charge < -0.3 is 10.1 Å². The van der Waals surface area contributed by atoms with Crippen molar-refractivity contribution >= 4 is 27.4 Å². The van der Waals surface area contributed by atoms with Crippen molar-refractivity contribution in [2.45, 2.75) is 25.7 Å². The van der Waals surface area contributed by atoms with Gasteiger partial charge in [-0.1, -0.05) is 19.9 Å². The summed E-state index contributed by atoms with van der Waals surface area (Å²) in [4.78, 5) is 25.0. The number of anilines is 1. The molecule has 0 aromatic heterocycles. The fraction of sp³-hybridized carbons (Fsp3) is 0.231. The van der Waals surface area contributed by atoms with Crippen LogP contribution in [0.25, 0.3) is 0 Å². The first-order valence-electron chi connectivity index (χ1n) is 11.1. The molecule has 3 aromatic rings. The maximum Gasteiger partial charge on any atom is 0.262 e. The predicted octanol–water partition coefficient (Wildman–Crippen LogP) is 4.41. The maximum atomic E-state index is 13.1. The molecule has 0 atom stereocenters. The summed E-state index contributed by atoms with van der Waals surface area (Å²) in [6.07, 6.45) is 0. The zero-order chi connectivity index (χ0) is 25.6. The van der Waals surface area contributed by atoms with Crippen LogP contribution in [0.5, 0.6) is 5.75 Å². The highest BCUT2D eigenvalue weighted by atomic mass is 32.2. The van der Waals surface area contributed by atoms with E-state index in [4.69, 9.17) is 4.74 Å². The number of hydrogen-bond donors (Lipinski definition) is 1. The van der Waals surface area contributed by atoms with Gasteiger partial charge in [0.05, 0.1) is 4.90 Å². The van der Waals surface area contributed by atoms with Crippen LogP contribution >= 0.6 is 0 Å². The number of carbonyl (C=O) groups excluding carboxylic acids is 2. The molecule has 0 spiro atoms. The Bertz CT molecular complexity index is 1300. The van der Waals surface area contributed by atoms with Crippen LogP contribution in [0.1, 0.15) is 35.3 Å². The molecule has 0 bridgehead atoms. The van der Waals surface area contributed by atoms with E-state index in [1.807, 2.05) is 0 Å². The van der Waals surface area contributed by atoms with Crippen molar-refractivity contribution in [2.24, 2.45) is 0 Å². The Morgan fingerprint density at radius 1 is 0.914 bits per heavy atom. The minimum absolute atomic E-state index is 0.101. The van der Waals surface area contributed by atoms with Gasteiger partial charge in [-0.15, -0.1) is 0 Å². The zero-order valence-electron chi connectivity index (χ0n) is 19.7. The topological polar surface area (TPSA) is 92.8 Å². The second-order valence-electron chi connectivity index (χ2n) is 7.76. The molecule has 0 aliphatic rings. The van der Waals surface area contributed by atoms with Gasteiger partial charge in [0.25, 0.3) is 5.91 Å². The number of carbonyl (C=O) groups is 2. The van der Waals surface area contributed by atoms with Crippen molar-refractivity contribution in [2.75, 3.05) is 25.0 Å². The van der Waals surface area contributed by atoms with Crippen LogP contribution in [0.2, 0.25) is 0 Å². The van der Waals surface area contributed by atoms with Gasteiger partial charge in [0.2, 0.25) is 10.0 Å². The quantitative estimate of drug-likeness (QED) is 0.418. The van der Waals surface area contributed by atoms with E-state index in [-0.39, 0.29) is 17.3 Å². The van der Waals surface area contributed by atoms with E-state index in [0.717, 1.165) is 0 Å². The highest BCUT2D eigenvalue weighted by Gasteiger charge is 2.22. The van der Waals surface area contributed by atoms with Gasteiger partial charge in [-0.2, -0.15) is 4.31 Å². The summed E-state index contributed by atoms with van der Waals surface area (Å²) in [5.74, 6) is -0.761. The molecule has 3 aromatic carbocycles. The lowest BCUT2D eigenvalue weighted by molar-refractivity contribution is -0.118. The third kappa shape index (κ3) is 6.32. The number of hydrogen-bond acceptors (Lipinski definition) is 5. The number of amides is 1. The Kier molecular flexibility index (Phi) is 8.37. The third-order valence-electron chi connectivity index (χ3n) is 5.42. The maximum absolute atomic E-state index is 13.1. The van der Waals surface area contributed by atoms with Crippen LogP contribution in [-0.4, -0.2) is 44.1 Å².